The molecule has 0 N–H and O–H groups in total. The average Bonchev–Trinajstić information content (AvgIpc) is 3.19. The van der Waals surface area contributed by atoms with Gasteiger partial charge in [-0.25, -0.2) is 0 Å². The van der Waals surface area contributed by atoms with Crippen LogP contribution in [0.15, 0.2) is 66.9 Å². The number of carbonyl (C=O) groups excluding carboxylic acids is 1. The maximum atomic E-state index is 13.6. The van der Waals surface area contributed by atoms with Gasteiger partial charge in [-0.05, 0) is 43.5 Å². The van der Waals surface area contributed by atoms with Crippen molar-refractivity contribution in [2.75, 3.05) is 50.7 Å². The average molecular weight is 457 g/mol. The Kier molecular flexibility index (Phi) is 7.40. The molecule has 2 aliphatic rings. The van der Waals surface area contributed by atoms with Crippen molar-refractivity contribution in [1.29, 1.82) is 0 Å². The molecule has 3 aromatic rings. The summed E-state index contributed by atoms with van der Waals surface area (Å²) in [4.78, 5) is 25.3. The predicted molar refractivity (Wildman–Crippen MR) is 139 cm³/mol. The second-order valence-electron chi connectivity index (χ2n) is 9.67. The summed E-state index contributed by atoms with van der Waals surface area (Å²) in [5.74, 6) is 0.285. The lowest BCUT2D eigenvalue weighted by Crippen LogP contribution is -2.47. The number of hydrogen-bond donors (Lipinski definition) is 0. The molecule has 34 heavy (non-hydrogen) atoms. The molecule has 1 unspecified atom stereocenters. The summed E-state index contributed by atoms with van der Waals surface area (Å²) in [7, 11) is 0. The van der Waals surface area contributed by atoms with Gasteiger partial charge in [-0.2, -0.15) is 0 Å². The Morgan fingerprint density at radius 1 is 0.794 bits per heavy atom. The molecule has 3 heterocycles. The molecule has 1 aromatic heterocycles. The number of benzene rings is 2. The van der Waals surface area contributed by atoms with Crippen molar-refractivity contribution < 1.29 is 4.79 Å². The van der Waals surface area contributed by atoms with Crippen molar-refractivity contribution in [1.82, 2.24) is 14.8 Å². The van der Waals surface area contributed by atoms with Gasteiger partial charge >= 0.3 is 0 Å². The summed E-state index contributed by atoms with van der Waals surface area (Å²) in [5.41, 5.74) is 3.49. The molecule has 0 spiro atoms. The molecule has 2 aromatic carbocycles. The van der Waals surface area contributed by atoms with Gasteiger partial charge in [0.2, 0.25) is 5.91 Å². The van der Waals surface area contributed by atoms with E-state index in [1.165, 1.54) is 23.9 Å². The summed E-state index contributed by atoms with van der Waals surface area (Å²) in [6, 6.07) is 21.0. The number of nitrogens with zero attached hydrogens (tertiary/aromatic N) is 4. The lowest BCUT2D eigenvalue weighted by atomic mass is 9.93. The number of pyridine rings is 1. The predicted octanol–water partition coefficient (Wildman–Crippen LogP) is 4.93. The van der Waals surface area contributed by atoms with Crippen LogP contribution in [0.5, 0.6) is 0 Å². The van der Waals surface area contributed by atoms with Crippen LogP contribution in [0.3, 0.4) is 0 Å². The monoisotopic (exact) mass is 456 g/mol. The molecule has 0 aliphatic carbocycles. The number of aromatic nitrogens is 1. The first kappa shape index (κ1) is 22.9. The first-order valence-corrected chi connectivity index (χ1v) is 12.9. The quantitative estimate of drug-likeness (QED) is 0.527. The van der Waals surface area contributed by atoms with Gasteiger partial charge in [0.15, 0.2) is 0 Å². The highest BCUT2D eigenvalue weighted by molar-refractivity contribution is 5.90. The number of piperazine rings is 1. The molecular formula is C29H36N4O. The smallest absolute Gasteiger partial charge is 0.230 e. The molecule has 0 bridgehead atoms. The van der Waals surface area contributed by atoms with Gasteiger partial charge in [-0.1, -0.05) is 61.4 Å². The van der Waals surface area contributed by atoms with Crippen molar-refractivity contribution in [2.45, 2.75) is 38.0 Å². The molecule has 0 saturated carbocycles. The van der Waals surface area contributed by atoms with Crippen molar-refractivity contribution in [2.24, 2.45) is 0 Å². The second kappa shape index (κ2) is 11.0. The standard InChI is InChI=1S/C29H36N4O/c34-29(33-17-6-1-2-7-18-33)26(24-10-4-3-5-11-24)15-19-31-20-22-32(23-21-31)27-14-8-12-25-13-9-16-30-28(25)27/h3-5,8-14,16,26H,1-2,6-7,15,17-23H2. The summed E-state index contributed by atoms with van der Waals surface area (Å²) in [5, 5.41) is 1.19. The number of amides is 1. The zero-order valence-electron chi connectivity index (χ0n) is 20.1. The van der Waals surface area contributed by atoms with Gasteiger partial charge in [-0.15, -0.1) is 0 Å². The number of fused-ring (bicyclic) bond motifs is 1. The SMILES string of the molecule is O=C(C(CCN1CCN(c2cccc3cccnc23)CC1)c1ccccc1)N1CCCCCC1. The van der Waals surface area contributed by atoms with Crippen LogP contribution in [0.25, 0.3) is 10.9 Å². The van der Waals surface area contributed by atoms with Gasteiger partial charge in [0.05, 0.1) is 17.1 Å². The van der Waals surface area contributed by atoms with Gasteiger partial charge in [-0.3, -0.25) is 14.7 Å². The summed E-state index contributed by atoms with van der Waals surface area (Å²) in [6.45, 7) is 6.81. The third-order valence-electron chi connectivity index (χ3n) is 7.48. The molecule has 5 heteroatoms. The van der Waals surface area contributed by atoms with E-state index in [-0.39, 0.29) is 5.92 Å². The maximum Gasteiger partial charge on any atom is 0.230 e. The van der Waals surface area contributed by atoms with Gasteiger partial charge in [0.1, 0.15) is 0 Å². The minimum atomic E-state index is -0.0420. The molecule has 2 fully saturated rings. The van der Waals surface area contributed by atoms with E-state index in [9.17, 15) is 4.79 Å². The fourth-order valence-corrected chi connectivity index (χ4v) is 5.50. The molecule has 1 atom stereocenters. The van der Waals surface area contributed by atoms with Crippen LogP contribution in [-0.2, 0) is 4.79 Å². The Balaban J connectivity index is 1.22. The first-order chi connectivity index (χ1) is 16.8. The number of anilines is 1. The lowest BCUT2D eigenvalue weighted by Gasteiger charge is -2.37. The zero-order chi connectivity index (χ0) is 23.2. The topological polar surface area (TPSA) is 39.7 Å². The highest BCUT2D eigenvalue weighted by atomic mass is 16.2. The number of para-hydroxylation sites is 1. The van der Waals surface area contributed by atoms with E-state index in [2.05, 4.69) is 68.2 Å². The van der Waals surface area contributed by atoms with E-state index in [0.717, 1.165) is 76.2 Å². The van der Waals surface area contributed by atoms with E-state index in [4.69, 9.17) is 0 Å². The van der Waals surface area contributed by atoms with Gasteiger partial charge in [0, 0.05) is 50.9 Å². The van der Waals surface area contributed by atoms with E-state index in [0.29, 0.717) is 5.91 Å². The Morgan fingerprint density at radius 2 is 1.53 bits per heavy atom. The summed E-state index contributed by atoms with van der Waals surface area (Å²) < 4.78 is 0. The van der Waals surface area contributed by atoms with E-state index < -0.39 is 0 Å². The zero-order valence-corrected chi connectivity index (χ0v) is 20.1. The van der Waals surface area contributed by atoms with E-state index in [1.807, 2.05) is 18.3 Å². The van der Waals surface area contributed by atoms with E-state index in [1.54, 1.807) is 0 Å². The van der Waals surface area contributed by atoms with Gasteiger partial charge in [0.25, 0.3) is 0 Å². The van der Waals surface area contributed by atoms with Crippen LogP contribution >= 0.6 is 0 Å². The molecule has 178 valence electrons. The highest BCUT2D eigenvalue weighted by Gasteiger charge is 2.28. The van der Waals surface area contributed by atoms with Crippen molar-refractivity contribution in [3.05, 3.63) is 72.4 Å². The lowest BCUT2D eigenvalue weighted by molar-refractivity contribution is -0.133. The largest absolute Gasteiger partial charge is 0.367 e. The van der Waals surface area contributed by atoms with E-state index >= 15 is 0 Å². The fourth-order valence-electron chi connectivity index (χ4n) is 5.50. The number of likely N-dealkylation sites (tertiary alicyclic amines) is 1. The van der Waals surface area contributed by atoms with Crippen LogP contribution in [0, 0.1) is 0 Å². The Bertz CT molecular complexity index is 1060. The maximum absolute atomic E-state index is 13.6. The molecule has 5 nitrogen and oxygen atoms in total. The minimum Gasteiger partial charge on any atom is -0.367 e. The van der Waals surface area contributed by atoms with Crippen molar-refractivity contribution in [3.63, 3.8) is 0 Å². The Morgan fingerprint density at radius 3 is 2.29 bits per heavy atom. The molecule has 2 saturated heterocycles. The molecule has 0 radical (unpaired) electrons. The highest BCUT2D eigenvalue weighted by Crippen LogP contribution is 2.27. The normalized spacial score (nSPS) is 18.6. The number of carbonyl (C=O) groups is 1. The van der Waals surface area contributed by atoms with Gasteiger partial charge < -0.3 is 9.80 Å². The molecule has 2 aliphatic heterocycles. The van der Waals surface area contributed by atoms with Crippen LogP contribution < -0.4 is 4.90 Å². The second-order valence-corrected chi connectivity index (χ2v) is 9.67. The molecular weight excluding hydrogens is 420 g/mol. The Hall–Kier alpha value is -2.92. The third kappa shape index (κ3) is 5.25. The van der Waals surface area contributed by atoms with Crippen LogP contribution in [-0.4, -0.2) is 66.5 Å². The fraction of sp³-hybridized carbons (Fsp3) is 0.448. The van der Waals surface area contributed by atoms with Crippen molar-refractivity contribution in [3.8, 4) is 0 Å². The molecule has 5 rings (SSSR count). The van der Waals surface area contributed by atoms with Crippen LogP contribution in [0.1, 0.15) is 43.6 Å². The molecule has 1 amide bonds. The minimum absolute atomic E-state index is 0.0420. The number of hydrogen-bond acceptors (Lipinski definition) is 4. The third-order valence-corrected chi connectivity index (χ3v) is 7.48. The Labute approximate surface area is 203 Å². The summed E-state index contributed by atoms with van der Waals surface area (Å²) in [6.07, 6.45) is 7.53. The number of rotatable bonds is 6. The first-order valence-electron chi connectivity index (χ1n) is 12.9. The van der Waals surface area contributed by atoms with Crippen LogP contribution in [0.2, 0.25) is 0 Å². The summed E-state index contributed by atoms with van der Waals surface area (Å²) >= 11 is 0. The van der Waals surface area contributed by atoms with Crippen molar-refractivity contribution >= 4 is 22.5 Å². The van der Waals surface area contributed by atoms with Crippen LogP contribution in [0.4, 0.5) is 5.69 Å².